The predicted octanol–water partition coefficient (Wildman–Crippen LogP) is 3.24. The summed E-state index contributed by atoms with van der Waals surface area (Å²) in [5.74, 6) is 2.24. The minimum absolute atomic E-state index is 0.410. The third-order valence-corrected chi connectivity index (χ3v) is 3.43. The minimum atomic E-state index is 0.410. The monoisotopic (exact) mass is 263 g/mol. The number of aryl methyl sites for hydroxylation is 2. The Kier molecular flexibility index (Phi) is 4.02. The summed E-state index contributed by atoms with van der Waals surface area (Å²) in [6.45, 7) is 7.18. The molecule has 0 bridgehead atoms. The van der Waals surface area contributed by atoms with Gasteiger partial charge in [-0.15, -0.1) is 21.8 Å². The Balaban J connectivity index is 2.33. The van der Waals surface area contributed by atoms with Gasteiger partial charge in [-0.05, 0) is 31.9 Å². The fourth-order valence-electron chi connectivity index (χ4n) is 2.13. The lowest BCUT2D eigenvalue weighted by Crippen LogP contribution is -2.06. The molecule has 2 aromatic rings. The fraction of sp³-hybridized carbons (Fsp3) is 0.429. The van der Waals surface area contributed by atoms with E-state index in [2.05, 4.69) is 53.7 Å². The molecule has 0 fully saturated rings. The molecule has 1 aromatic heterocycles. The number of benzene rings is 1. The van der Waals surface area contributed by atoms with E-state index in [1.807, 2.05) is 0 Å². The number of alkyl halides is 1. The summed E-state index contributed by atoms with van der Waals surface area (Å²) in [7, 11) is 0. The van der Waals surface area contributed by atoms with Crippen molar-refractivity contribution in [3.05, 3.63) is 46.5 Å². The molecule has 1 heterocycles. The van der Waals surface area contributed by atoms with Crippen LogP contribution in [0, 0.1) is 13.8 Å². The van der Waals surface area contributed by atoms with Crippen molar-refractivity contribution in [1.29, 1.82) is 0 Å². The average molecular weight is 264 g/mol. The van der Waals surface area contributed by atoms with Crippen molar-refractivity contribution in [2.24, 2.45) is 0 Å². The number of rotatable bonds is 4. The summed E-state index contributed by atoms with van der Waals surface area (Å²) in [5.41, 5.74) is 3.87. The van der Waals surface area contributed by atoms with Crippen LogP contribution in [0.1, 0.15) is 35.3 Å². The third kappa shape index (κ3) is 2.56. The van der Waals surface area contributed by atoms with Gasteiger partial charge < -0.3 is 4.57 Å². The van der Waals surface area contributed by atoms with E-state index in [0.29, 0.717) is 5.88 Å². The van der Waals surface area contributed by atoms with Gasteiger partial charge in [-0.1, -0.05) is 23.8 Å². The maximum absolute atomic E-state index is 5.86. The van der Waals surface area contributed by atoms with E-state index >= 15 is 0 Å². The number of nitrogens with zero attached hydrogens (tertiary/aromatic N) is 3. The van der Waals surface area contributed by atoms with Crippen LogP contribution in [0.2, 0.25) is 0 Å². The maximum Gasteiger partial charge on any atom is 0.147 e. The van der Waals surface area contributed by atoms with Crippen LogP contribution in [-0.2, 0) is 18.8 Å². The summed E-state index contributed by atoms with van der Waals surface area (Å²) >= 11 is 5.86. The number of halogens is 1. The smallest absolute Gasteiger partial charge is 0.147 e. The molecule has 0 N–H and O–H groups in total. The normalized spacial score (nSPS) is 10.9. The third-order valence-electron chi connectivity index (χ3n) is 3.19. The van der Waals surface area contributed by atoms with Crippen LogP contribution in [0.3, 0.4) is 0 Å². The van der Waals surface area contributed by atoms with E-state index in [0.717, 1.165) is 24.6 Å². The Morgan fingerprint density at radius 1 is 1.17 bits per heavy atom. The topological polar surface area (TPSA) is 30.7 Å². The van der Waals surface area contributed by atoms with Gasteiger partial charge in [0.05, 0.1) is 5.88 Å². The first-order valence-corrected chi connectivity index (χ1v) is 6.72. The molecule has 0 saturated carbocycles. The summed E-state index contributed by atoms with van der Waals surface area (Å²) in [6, 6.07) is 6.50. The highest BCUT2D eigenvalue weighted by atomic mass is 35.5. The SMILES string of the molecule is CCn1c(CCl)nnc1Cc1cc(C)ccc1C. The lowest BCUT2D eigenvalue weighted by atomic mass is 10.0. The first-order chi connectivity index (χ1) is 8.65. The van der Waals surface area contributed by atoms with Gasteiger partial charge in [0.1, 0.15) is 11.6 Å². The summed E-state index contributed by atoms with van der Waals surface area (Å²) in [6.07, 6.45) is 0.811. The van der Waals surface area contributed by atoms with Gasteiger partial charge in [0.15, 0.2) is 0 Å². The van der Waals surface area contributed by atoms with Crippen LogP contribution < -0.4 is 0 Å². The molecule has 0 unspecified atom stereocenters. The molecule has 0 aliphatic heterocycles. The zero-order valence-electron chi connectivity index (χ0n) is 11.1. The second kappa shape index (κ2) is 5.53. The standard InChI is InChI=1S/C14H18ClN3/c1-4-18-13(16-17-14(18)9-15)8-12-7-10(2)5-6-11(12)3/h5-7H,4,8-9H2,1-3H3. The van der Waals surface area contributed by atoms with Gasteiger partial charge in [-0.25, -0.2) is 0 Å². The van der Waals surface area contributed by atoms with Gasteiger partial charge in [-0.3, -0.25) is 0 Å². The molecular weight excluding hydrogens is 246 g/mol. The first kappa shape index (κ1) is 13.1. The Labute approximate surface area is 113 Å². The van der Waals surface area contributed by atoms with E-state index in [-0.39, 0.29) is 0 Å². The van der Waals surface area contributed by atoms with Crippen molar-refractivity contribution in [2.45, 2.75) is 39.6 Å². The molecule has 96 valence electrons. The Hall–Kier alpha value is -1.35. The fourth-order valence-corrected chi connectivity index (χ4v) is 2.33. The average Bonchev–Trinajstić information content (AvgIpc) is 2.75. The quantitative estimate of drug-likeness (QED) is 0.793. The van der Waals surface area contributed by atoms with Gasteiger partial charge >= 0.3 is 0 Å². The van der Waals surface area contributed by atoms with Crippen molar-refractivity contribution in [2.75, 3.05) is 0 Å². The molecule has 18 heavy (non-hydrogen) atoms. The largest absolute Gasteiger partial charge is 0.314 e. The van der Waals surface area contributed by atoms with E-state index in [4.69, 9.17) is 11.6 Å². The second-order valence-electron chi connectivity index (χ2n) is 4.52. The van der Waals surface area contributed by atoms with Crippen LogP contribution in [-0.4, -0.2) is 14.8 Å². The molecule has 0 saturated heterocycles. The van der Waals surface area contributed by atoms with Crippen LogP contribution >= 0.6 is 11.6 Å². The van der Waals surface area contributed by atoms with E-state index in [1.54, 1.807) is 0 Å². The number of hydrogen-bond donors (Lipinski definition) is 0. The molecule has 0 spiro atoms. The first-order valence-electron chi connectivity index (χ1n) is 6.18. The highest BCUT2D eigenvalue weighted by Crippen LogP contribution is 2.16. The van der Waals surface area contributed by atoms with Crippen molar-refractivity contribution in [3.63, 3.8) is 0 Å². The molecule has 3 nitrogen and oxygen atoms in total. The van der Waals surface area contributed by atoms with Gasteiger partial charge in [0, 0.05) is 13.0 Å². The molecule has 1 aromatic carbocycles. The zero-order valence-corrected chi connectivity index (χ0v) is 11.8. The maximum atomic E-state index is 5.86. The molecule has 0 aliphatic rings. The van der Waals surface area contributed by atoms with Crippen molar-refractivity contribution < 1.29 is 0 Å². The van der Waals surface area contributed by atoms with Gasteiger partial charge in [0.2, 0.25) is 0 Å². The van der Waals surface area contributed by atoms with Crippen molar-refractivity contribution >= 4 is 11.6 Å². The Morgan fingerprint density at radius 3 is 2.56 bits per heavy atom. The summed E-state index contributed by atoms with van der Waals surface area (Å²) in [4.78, 5) is 0. The lowest BCUT2D eigenvalue weighted by molar-refractivity contribution is 0.686. The van der Waals surface area contributed by atoms with Crippen molar-refractivity contribution in [1.82, 2.24) is 14.8 Å². The van der Waals surface area contributed by atoms with Crippen molar-refractivity contribution in [3.8, 4) is 0 Å². The van der Waals surface area contributed by atoms with Crippen LogP contribution in [0.25, 0.3) is 0 Å². The summed E-state index contributed by atoms with van der Waals surface area (Å²) < 4.78 is 2.09. The van der Waals surface area contributed by atoms with Gasteiger partial charge in [-0.2, -0.15) is 0 Å². The Morgan fingerprint density at radius 2 is 1.89 bits per heavy atom. The minimum Gasteiger partial charge on any atom is -0.314 e. The predicted molar refractivity (Wildman–Crippen MR) is 74.0 cm³/mol. The molecule has 0 aliphatic carbocycles. The summed E-state index contributed by atoms with van der Waals surface area (Å²) in [5, 5.41) is 8.39. The molecular formula is C14H18ClN3. The molecule has 0 atom stereocenters. The van der Waals surface area contributed by atoms with E-state index < -0.39 is 0 Å². The lowest BCUT2D eigenvalue weighted by Gasteiger charge is -2.09. The van der Waals surface area contributed by atoms with Crippen LogP contribution in [0.15, 0.2) is 18.2 Å². The Bertz CT molecular complexity index is 546. The molecule has 0 amide bonds. The zero-order chi connectivity index (χ0) is 13.1. The highest BCUT2D eigenvalue weighted by molar-refractivity contribution is 6.16. The second-order valence-corrected chi connectivity index (χ2v) is 4.78. The number of aromatic nitrogens is 3. The highest BCUT2D eigenvalue weighted by Gasteiger charge is 2.11. The molecule has 4 heteroatoms. The van der Waals surface area contributed by atoms with E-state index in [9.17, 15) is 0 Å². The van der Waals surface area contributed by atoms with Crippen LogP contribution in [0.4, 0.5) is 0 Å². The van der Waals surface area contributed by atoms with Crippen LogP contribution in [0.5, 0.6) is 0 Å². The number of hydrogen-bond acceptors (Lipinski definition) is 2. The molecule has 0 radical (unpaired) electrons. The van der Waals surface area contributed by atoms with Gasteiger partial charge in [0.25, 0.3) is 0 Å². The molecule has 2 rings (SSSR count). The van der Waals surface area contributed by atoms with E-state index in [1.165, 1.54) is 16.7 Å².